The lowest BCUT2D eigenvalue weighted by Crippen LogP contribution is -2.53. The molecule has 3 nitrogen and oxygen atoms in total. The number of terminal acetylenes is 1. The molecule has 0 aliphatic heterocycles. The average Bonchev–Trinajstić information content (AvgIpc) is 3.10. The van der Waals surface area contributed by atoms with E-state index in [1.54, 1.807) is 6.92 Å². The molecule has 0 radical (unpaired) electrons. The molecule has 0 amide bonds. The minimum atomic E-state index is -1.01. The second-order valence-electron chi connectivity index (χ2n) is 10.3. The number of allylic oxidation sites excluding steroid dienone is 5. The van der Waals surface area contributed by atoms with Crippen LogP contribution in [0.4, 0.5) is 0 Å². The van der Waals surface area contributed by atoms with Gasteiger partial charge >= 0.3 is 0 Å². The SMILES string of the molecule is C#CC[C@]1(O)C=C[C@H]2[C@@H]3CCC4=CC(=O)CCC4=C3[C@@H](c3ccc(C(C)=O)cc3)C[C@@]21CC. The highest BCUT2D eigenvalue weighted by molar-refractivity contribution is 5.94. The maximum Gasteiger partial charge on any atom is 0.159 e. The van der Waals surface area contributed by atoms with Crippen LogP contribution in [-0.4, -0.2) is 22.3 Å². The molecule has 0 unspecified atom stereocenters. The first kappa shape index (κ1) is 22.1. The standard InChI is InChI=1S/C30H32O3/c1-4-15-30(33)16-14-27-25-12-10-22-17-23(32)11-13-24(22)28(25)26(18-29(27,30)5-2)21-8-6-20(7-9-21)19(3)31/h1,6-9,14,16-17,25-27,33H,5,10-13,15,18H2,2-3H3/t25-,26+,27-,29-,30-/m0/s1. The number of rotatable bonds is 4. The Bertz CT molecular complexity index is 1140. The van der Waals surface area contributed by atoms with Gasteiger partial charge < -0.3 is 5.11 Å². The Morgan fingerprint density at radius 2 is 1.97 bits per heavy atom. The molecule has 0 bridgehead atoms. The van der Waals surface area contributed by atoms with E-state index in [1.807, 2.05) is 24.3 Å². The van der Waals surface area contributed by atoms with Crippen LogP contribution in [0.2, 0.25) is 0 Å². The van der Waals surface area contributed by atoms with E-state index in [0.29, 0.717) is 24.3 Å². The predicted octanol–water partition coefficient (Wildman–Crippen LogP) is 5.71. The molecule has 1 aromatic rings. The van der Waals surface area contributed by atoms with Crippen LogP contribution in [0, 0.1) is 29.6 Å². The van der Waals surface area contributed by atoms with Gasteiger partial charge in [0, 0.05) is 29.7 Å². The lowest BCUT2D eigenvalue weighted by Gasteiger charge is -2.56. The van der Waals surface area contributed by atoms with Gasteiger partial charge in [-0.15, -0.1) is 12.3 Å². The fourth-order valence-corrected chi connectivity index (χ4v) is 7.38. The molecule has 1 aromatic carbocycles. The molecule has 1 N–H and O–H groups in total. The molecular formula is C30H32O3. The van der Waals surface area contributed by atoms with Gasteiger partial charge in [0.15, 0.2) is 11.6 Å². The van der Waals surface area contributed by atoms with Gasteiger partial charge in [-0.3, -0.25) is 9.59 Å². The first-order chi connectivity index (χ1) is 15.8. The summed E-state index contributed by atoms with van der Waals surface area (Å²) < 4.78 is 0. The Kier molecular flexibility index (Phi) is 5.33. The third-order valence-corrected chi connectivity index (χ3v) is 9.00. The molecule has 5 atom stereocenters. The Morgan fingerprint density at radius 1 is 1.21 bits per heavy atom. The van der Waals surface area contributed by atoms with Crippen LogP contribution < -0.4 is 0 Å². The maximum absolute atomic E-state index is 12.2. The molecule has 4 aliphatic rings. The van der Waals surface area contributed by atoms with Crippen molar-refractivity contribution in [2.75, 3.05) is 0 Å². The molecule has 1 saturated carbocycles. The Labute approximate surface area is 196 Å². The maximum atomic E-state index is 12.2. The van der Waals surface area contributed by atoms with Crippen molar-refractivity contribution in [3.8, 4) is 12.3 Å². The van der Waals surface area contributed by atoms with Crippen molar-refractivity contribution in [1.29, 1.82) is 0 Å². The highest BCUT2D eigenvalue weighted by atomic mass is 16.3. The zero-order chi connectivity index (χ0) is 23.4. The van der Waals surface area contributed by atoms with E-state index in [4.69, 9.17) is 6.42 Å². The van der Waals surface area contributed by atoms with E-state index in [1.165, 1.54) is 22.3 Å². The first-order valence-electron chi connectivity index (χ1n) is 12.3. The molecule has 1 fully saturated rings. The van der Waals surface area contributed by atoms with Crippen molar-refractivity contribution >= 4 is 11.6 Å². The highest BCUT2D eigenvalue weighted by Gasteiger charge is 2.61. The molecule has 5 rings (SSSR count). The van der Waals surface area contributed by atoms with Gasteiger partial charge in [-0.1, -0.05) is 48.9 Å². The molecule has 33 heavy (non-hydrogen) atoms. The van der Waals surface area contributed by atoms with E-state index < -0.39 is 5.60 Å². The van der Waals surface area contributed by atoms with Crippen LogP contribution in [0.15, 0.2) is 59.2 Å². The van der Waals surface area contributed by atoms with Crippen LogP contribution in [0.5, 0.6) is 0 Å². The third-order valence-electron chi connectivity index (χ3n) is 9.00. The summed E-state index contributed by atoms with van der Waals surface area (Å²) in [5.41, 5.74) is 4.62. The van der Waals surface area contributed by atoms with Gasteiger partial charge in [0.1, 0.15) is 0 Å². The molecule has 170 valence electrons. The number of hydrogen-bond acceptors (Lipinski definition) is 3. The number of Topliss-reactive ketones (excluding diaryl/α,β-unsaturated/α-hetero) is 1. The lowest BCUT2D eigenvalue weighted by molar-refractivity contribution is -0.114. The van der Waals surface area contributed by atoms with Crippen molar-refractivity contribution in [2.45, 2.75) is 70.3 Å². The second kappa shape index (κ2) is 7.96. The van der Waals surface area contributed by atoms with Gasteiger partial charge in [0.2, 0.25) is 0 Å². The number of benzene rings is 1. The van der Waals surface area contributed by atoms with E-state index in [9.17, 15) is 14.7 Å². The molecule has 0 saturated heterocycles. The molecular weight excluding hydrogens is 408 g/mol. The Morgan fingerprint density at radius 3 is 2.64 bits per heavy atom. The average molecular weight is 441 g/mol. The molecule has 0 spiro atoms. The first-order valence-corrected chi connectivity index (χ1v) is 12.3. The minimum absolute atomic E-state index is 0.0623. The van der Waals surface area contributed by atoms with Gasteiger partial charge in [0.25, 0.3) is 0 Å². The third kappa shape index (κ3) is 3.22. The van der Waals surface area contributed by atoms with Gasteiger partial charge in [-0.25, -0.2) is 0 Å². The topological polar surface area (TPSA) is 54.4 Å². The van der Waals surface area contributed by atoms with Crippen molar-refractivity contribution in [3.05, 3.63) is 70.3 Å². The van der Waals surface area contributed by atoms with Crippen LogP contribution >= 0.6 is 0 Å². The van der Waals surface area contributed by atoms with Crippen LogP contribution in [0.1, 0.15) is 80.6 Å². The van der Waals surface area contributed by atoms with Gasteiger partial charge in [-0.2, -0.15) is 0 Å². The summed E-state index contributed by atoms with van der Waals surface area (Å²) in [6.45, 7) is 3.78. The van der Waals surface area contributed by atoms with Crippen molar-refractivity contribution in [2.24, 2.45) is 17.3 Å². The van der Waals surface area contributed by atoms with E-state index in [0.717, 1.165) is 32.1 Å². The summed E-state index contributed by atoms with van der Waals surface area (Å²) >= 11 is 0. The number of fused-ring (bicyclic) bond motifs is 4. The largest absolute Gasteiger partial charge is 0.384 e. The van der Waals surface area contributed by atoms with E-state index in [-0.39, 0.29) is 28.8 Å². The summed E-state index contributed by atoms with van der Waals surface area (Å²) in [6.07, 6.45) is 17.1. The van der Waals surface area contributed by atoms with E-state index in [2.05, 4.69) is 31.1 Å². The normalized spacial score (nSPS) is 34.8. The van der Waals surface area contributed by atoms with Crippen LogP contribution in [0.3, 0.4) is 0 Å². The summed E-state index contributed by atoms with van der Waals surface area (Å²) in [6, 6.07) is 8.02. The molecule has 4 aliphatic carbocycles. The number of carbonyl (C=O) groups excluding carboxylic acids is 2. The minimum Gasteiger partial charge on any atom is -0.384 e. The van der Waals surface area contributed by atoms with Crippen LogP contribution in [0.25, 0.3) is 0 Å². The number of carbonyl (C=O) groups is 2. The van der Waals surface area contributed by atoms with Crippen molar-refractivity contribution in [3.63, 3.8) is 0 Å². The summed E-state index contributed by atoms with van der Waals surface area (Å²) in [5, 5.41) is 11.8. The predicted molar refractivity (Wildman–Crippen MR) is 130 cm³/mol. The van der Waals surface area contributed by atoms with Crippen molar-refractivity contribution < 1.29 is 14.7 Å². The Balaban J connectivity index is 1.69. The monoisotopic (exact) mass is 440 g/mol. The quantitative estimate of drug-likeness (QED) is 0.371. The lowest BCUT2D eigenvalue weighted by atomic mass is 9.49. The van der Waals surface area contributed by atoms with Crippen LogP contribution in [-0.2, 0) is 4.79 Å². The summed E-state index contributed by atoms with van der Waals surface area (Å²) in [4.78, 5) is 24.0. The summed E-state index contributed by atoms with van der Waals surface area (Å²) in [5.74, 6) is 3.76. The number of ketones is 2. The zero-order valence-electron chi connectivity index (χ0n) is 19.6. The van der Waals surface area contributed by atoms with Gasteiger partial charge in [-0.05, 0) is 73.6 Å². The summed E-state index contributed by atoms with van der Waals surface area (Å²) in [7, 11) is 0. The fraction of sp³-hybridized carbons (Fsp3) is 0.467. The Hall–Kier alpha value is -2.70. The smallest absolute Gasteiger partial charge is 0.159 e. The van der Waals surface area contributed by atoms with Gasteiger partial charge in [0.05, 0.1) is 5.60 Å². The number of aliphatic hydroxyl groups is 1. The molecule has 3 heteroatoms. The molecule has 0 aromatic heterocycles. The zero-order valence-corrected chi connectivity index (χ0v) is 19.6. The fourth-order valence-electron chi connectivity index (χ4n) is 7.38. The molecule has 0 heterocycles. The van der Waals surface area contributed by atoms with E-state index >= 15 is 0 Å². The highest BCUT2D eigenvalue weighted by Crippen LogP contribution is 2.66. The number of hydrogen-bond donors (Lipinski definition) is 1. The second-order valence-corrected chi connectivity index (χ2v) is 10.3. The van der Waals surface area contributed by atoms with Crippen molar-refractivity contribution in [1.82, 2.24) is 0 Å².